The van der Waals surface area contributed by atoms with Crippen LogP contribution in [0.1, 0.15) is 13.3 Å². The van der Waals surface area contributed by atoms with E-state index in [9.17, 15) is 26.4 Å². The first-order chi connectivity index (χ1) is 12.0. The van der Waals surface area contributed by atoms with Gasteiger partial charge in [-0.05, 0) is 19.4 Å². The van der Waals surface area contributed by atoms with E-state index in [-0.39, 0.29) is 22.9 Å². The van der Waals surface area contributed by atoms with E-state index >= 15 is 0 Å². The minimum atomic E-state index is -3.74. The van der Waals surface area contributed by atoms with Crippen LogP contribution in [0.5, 0.6) is 0 Å². The lowest BCUT2D eigenvalue weighted by Crippen LogP contribution is -2.43. The standard InChI is InChI=1S/C15H23N3O6S2/c1-4-18(12-7-8-25(21,22)11-12)15(20)10-17-9-13(5-6-14(17)19)26(23,24)16(2)3/h5-6,9,12H,4,7-8,10-11H2,1-3H3/t12-/m1/s1. The predicted molar refractivity (Wildman–Crippen MR) is 96.0 cm³/mol. The molecule has 1 aliphatic rings. The number of nitrogens with zero attached hydrogens (tertiary/aromatic N) is 3. The smallest absolute Gasteiger partial charge is 0.251 e. The van der Waals surface area contributed by atoms with E-state index in [1.54, 1.807) is 6.92 Å². The van der Waals surface area contributed by atoms with Crippen molar-refractivity contribution < 1.29 is 21.6 Å². The summed E-state index contributed by atoms with van der Waals surface area (Å²) in [5.41, 5.74) is -0.508. The first-order valence-electron chi connectivity index (χ1n) is 8.11. The predicted octanol–water partition coefficient (Wildman–Crippen LogP) is -0.866. The summed E-state index contributed by atoms with van der Waals surface area (Å²) in [5.74, 6) is -0.467. The Balaban J connectivity index is 2.27. The molecule has 1 saturated heterocycles. The van der Waals surface area contributed by atoms with Gasteiger partial charge < -0.3 is 9.47 Å². The molecule has 26 heavy (non-hydrogen) atoms. The molecule has 1 aromatic heterocycles. The molecule has 146 valence electrons. The Morgan fingerprint density at radius 2 is 1.96 bits per heavy atom. The molecule has 2 heterocycles. The lowest BCUT2D eigenvalue weighted by molar-refractivity contribution is -0.133. The van der Waals surface area contributed by atoms with Crippen LogP contribution in [0.4, 0.5) is 0 Å². The first kappa shape index (κ1) is 20.6. The van der Waals surface area contributed by atoms with E-state index in [4.69, 9.17) is 0 Å². The molecular weight excluding hydrogens is 382 g/mol. The number of amides is 1. The number of rotatable bonds is 6. The van der Waals surface area contributed by atoms with E-state index < -0.39 is 37.4 Å². The van der Waals surface area contributed by atoms with E-state index in [2.05, 4.69) is 0 Å². The maximum Gasteiger partial charge on any atom is 0.251 e. The second-order valence-electron chi connectivity index (χ2n) is 6.35. The summed E-state index contributed by atoms with van der Waals surface area (Å²) in [6.07, 6.45) is 1.50. The summed E-state index contributed by atoms with van der Waals surface area (Å²) < 4.78 is 49.7. The van der Waals surface area contributed by atoms with Gasteiger partial charge in [-0.1, -0.05) is 0 Å². The number of carbonyl (C=O) groups excluding carboxylic acids is 1. The zero-order valence-corrected chi connectivity index (χ0v) is 16.6. The minimum Gasteiger partial charge on any atom is -0.337 e. The molecule has 0 aromatic carbocycles. The molecule has 2 rings (SSSR count). The third kappa shape index (κ3) is 4.33. The molecule has 0 saturated carbocycles. The topological polar surface area (TPSA) is 114 Å². The van der Waals surface area contributed by atoms with Crippen molar-refractivity contribution in [2.24, 2.45) is 0 Å². The molecule has 0 N–H and O–H groups in total. The van der Waals surface area contributed by atoms with Crippen molar-refractivity contribution >= 4 is 25.8 Å². The van der Waals surface area contributed by atoms with Gasteiger partial charge in [-0.3, -0.25) is 9.59 Å². The highest BCUT2D eigenvalue weighted by molar-refractivity contribution is 7.91. The number of carbonyl (C=O) groups is 1. The SMILES string of the molecule is CCN(C(=O)Cn1cc(S(=O)(=O)N(C)C)ccc1=O)[C@@H]1CCS(=O)(=O)C1. The summed E-state index contributed by atoms with van der Waals surface area (Å²) in [4.78, 5) is 26.0. The van der Waals surface area contributed by atoms with Crippen LogP contribution in [0.15, 0.2) is 28.0 Å². The Kier molecular flexibility index (Phi) is 5.93. The van der Waals surface area contributed by atoms with Gasteiger partial charge in [0.25, 0.3) is 5.56 Å². The fourth-order valence-electron chi connectivity index (χ4n) is 2.89. The molecule has 0 unspecified atom stereocenters. The highest BCUT2D eigenvalue weighted by atomic mass is 32.2. The second kappa shape index (κ2) is 7.49. The largest absolute Gasteiger partial charge is 0.337 e. The normalized spacial score (nSPS) is 19.6. The van der Waals surface area contributed by atoms with Crippen molar-refractivity contribution in [3.05, 3.63) is 28.7 Å². The minimum absolute atomic E-state index is 0.0396. The maximum absolute atomic E-state index is 12.6. The van der Waals surface area contributed by atoms with E-state index in [0.717, 1.165) is 21.1 Å². The van der Waals surface area contributed by atoms with Gasteiger partial charge in [0.05, 0.1) is 16.4 Å². The Bertz CT molecular complexity index is 950. The second-order valence-corrected chi connectivity index (χ2v) is 10.7. The molecule has 11 heteroatoms. The van der Waals surface area contributed by atoms with Crippen molar-refractivity contribution in [3.8, 4) is 0 Å². The molecule has 1 amide bonds. The van der Waals surface area contributed by atoms with Crippen LogP contribution in [0.2, 0.25) is 0 Å². The van der Waals surface area contributed by atoms with Crippen molar-refractivity contribution in [2.45, 2.75) is 30.8 Å². The van der Waals surface area contributed by atoms with Gasteiger partial charge >= 0.3 is 0 Å². The number of hydrogen-bond donors (Lipinski definition) is 0. The third-order valence-electron chi connectivity index (χ3n) is 4.35. The highest BCUT2D eigenvalue weighted by Crippen LogP contribution is 2.18. The fraction of sp³-hybridized carbons (Fsp3) is 0.600. The molecule has 1 aliphatic heterocycles. The van der Waals surface area contributed by atoms with Crippen molar-refractivity contribution in [3.63, 3.8) is 0 Å². The Morgan fingerprint density at radius 3 is 2.46 bits per heavy atom. The van der Waals surface area contributed by atoms with Crippen LogP contribution in [-0.2, 0) is 31.2 Å². The zero-order chi connectivity index (χ0) is 19.7. The molecule has 0 aliphatic carbocycles. The Morgan fingerprint density at radius 1 is 1.31 bits per heavy atom. The Labute approximate surface area is 153 Å². The molecule has 1 aromatic rings. The van der Waals surface area contributed by atoms with Gasteiger partial charge in [-0.2, -0.15) is 0 Å². The monoisotopic (exact) mass is 405 g/mol. The summed E-state index contributed by atoms with van der Waals surface area (Å²) >= 11 is 0. The van der Waals surface area contributed by atoms with Crippen molar-refractivity contribution in [1.29, 1.82) is 0 Å². The van der Waals surface area contributed by atoms with Gasteiger partial charge in [0.2, 0.25) is 15.9 Å². The van der Waals surface area contributed by atoms with E-state index in [1.165, 1.54) is 25.1 Å². The summed E-state index contributed by atoms with van der Waals surface area (Å²) in [6.45, 7) is 1.70. The van der Waals surface area contributed by atoms with E-state index in [0.29, 0.717) is 13.0 Å². The van der Waals surface area contributed by atoms with Crippen LogP contribution < -0.4 is 5.56 Å². The first-order valence-corrected chi connectivity index (χ1v) is 11.4. The van der Waals surface area contributed by atoms with E-state index in [1.807, 2.05) is 0 Å². The summed E-state index contributed by atoms with van der Waals surface area (Å²) in [7, 11) is -4.15. The fourth-order valence-corrected chi connectivity index (χ4v) is 5.55. The van der Waals surface area contributed by atoms with Gasteiger partial charge in [0.1, 0.15) is 6.54 Å². The lowest BCUT2D eigenvalue weighted by Gasteiger charge is -2.27. The number of sulfonamides is 1. The molecule has 0 bridgehead atoms. The van der Waals surface area contributed by atoms with Crippen molar-refractivity contribution in [2.75, 3.05) is 32.1 Å². The zero-order valence-electron chi connectivity index (χ0n) is 15.0. The van der Waals surface area contributed by atoms with Gasteiger partial charge in [0.15, 0.2) is 9.84 Å². The number of sulfone groups is 1. The van der Waals surface area contributed by atoms with Crippen LogP contribution >= 0.6 is 0 Å². The molecule has 1 fully saturated rings. The van der Waals surface area contributed by atoms with Crippen LogP contribution in [0, 0.1) is 0 Å². The van der Waals surface area contributed by atoms with Crippen LogP contribution in [0.3, 0.4) is 0 Å². The van der Waals surface area contributed by atoms with Gasteiger partial charge in [-0.15, -0.1) is 0 Å². The van der Waals surface area contributed by atoms with Crippen LogP contribution in [-0.4, -0.2) is 74.7 Å². The quantitative estimate of drug-likeness (QED) is 0.608. The molecule has 1 atom stereocenters. The lowest BCUT2D eigenvalue weighted by atomic mass is 10.2. The Hall–Kier alpha value is -1.72. The number of aromatic nitrogens is 1. The highest BCUT2D eigenvalue weighted by Gasteiger charge is 2.34. The van der Waals surface area contributed by atoms with Crippen LogP contribution in [0.25, 0.3) is 0 Å². The average molecular weight is 405 g/mol. The molecule has 0 radical (unpaired) electrons. The molecule has 9 nitrogen and oxygen atoms in total. The van der Waals surface area contributed by atoms with Gasteiger partial charge in [0, 0.05) is 38.9 Å². The third-order valence-corrected chi connectivity index (χ3v) is 7.90. The summed E-state index contributed by atoms with van der Waals surface area (Å²) in [6, 6.07) is 1.88. The molecule has 0 spiro atoms. The average Bonchev–Trinajstić information content (AvgIpc) is 2.89. The maximum atomic E-state index is 12.6. The number of hydrogen-bond acceptors (Lipinski definition) is 6. The van der Waals surface area contributed by atoms with Gasteiger partial charge in [-0.25, -0.2) is 21.1 Å². The summed E-state index contributed by atoms with van der Waals surface area (Å²) in [5, 5.41) is 0. The van der Waals surface area contributed by atoms with Crippen molar-refractivity contribution in [1.82, 2.24) is 13.8 Å². The number of likely N-dealkylation sites (N-methyl/N-ethyl adjacent to an activating group) is 1. The molecular formula is C15H23N3O6S2. The number of pyridine rings is 1.